The molecule has 2 heterocycles. The molecule has 0 spiro atoms. The van der Waals surface area contributed by atoms with E-state index in [0.29, 0.717) is 12.3 Å². The molecule has 1 fully saturated rings. The summed E-state index contributed by atoms with van der Waals surface area (Å²) in [6.07, 6.45) is 8.91. The van der Waals surface area contributed by atoms with E-state index in [9.17, 15) is 4.79 Å². The summed E-state index contributed by atoms with van der Waals surface area (Å²) in [6.45, 7) is 0. The Bertz CT molecular complexity index is 617. The van der Waals surface area contributed by atoms with Gasteiger partial charge in [0.25, 0.3) is 0 Å². The molecule has 20 heavy (non-hydrogen) atoms. The first-order valence-corrected chi connectivity index (χ1v) is 11.6. The van der Waals surface area contributed by atoms with Gasteiger partial charge in [-0.2, -0.15) is 0 Å². The molecular formula is C15H19N3ORa. The van der Waals surface area contributed by atoms with Crippen LogP contribution in [0.15, 0.2) is 24.4 Å². The van der Waals surface area contributed by atoms with Crippen LogP contribution in [0.3, 0.4) is 0 Å². The second kappa shape index (κ2) is 6.59. The van der Waals surface area contributed by atoms with Crippen LogP contribution in [0.1, 0.15) is 38.5 Å². The number of anilines is 1. The Balaban J connectivity index is 1.70. The van der Waals surface area contributed by atoms with Crippen molar-refractivity contribution in [2.75, 3.05) is 5.32 Å². The standard InChI is InChI=1S/C15H18N3O.Ra.H/c19-15(11-12-5-2-1-3-6-12)17-13-7-4-10-18-14(13)8-9-16-18;;/h4,7-8,10,12H,1-3,5-6,11H2,(H,17,19);;. The normalized spacial score (nSPS) is 16.4. The van der Waals surface area contributed by atoms with E-state index in [1.165, 1.54) is 32.8 Å². The molecule has 1 amide bonds. The van der Waals surface area contributed by atoms with Gasteiger partial charge in [0.2, 0.25) is 0 Å². The van der Waals surface area contributed by atoms with Crippen LogP contribution in [0.5, 0.6) is 0 Å². The van der Waals surface area contributed by atoms with Crippen LogP contribution in [-0.4, -0.2) is 15.5 Å². The first-order chi connectivity index (χ1) is 9.72. The fraction of sp³-hybridized carbons (Fsp3) is 0.467. The molecule has 1 saturated carbocycles. The van der Waals surface area contributed by atoms with Crippen molar-refractivity contribution in [1.82, 2.24) is 9.61 Å². The van der Waals surface area contributed by atoms with E-state index in [-0.39, 0.29) is 48.7 Å². The van der Waals surface area contributed by atoms with Crippen LogP contribution in [-0.2, 0) is 4.79 Å². The van der Waals surface area contributed by atoms with Crippen LogP contribution < -0.4 is 6.05 Å². The topological polar surface area (TPSA) is 46.4 Å². The zero-order chi connectivity index (χ0) is 13.9. The predicted octanol–water partition coefficient (Wildman–Crippen LogP) is 2.15. The Kier molecular flexibility index (Phi) is 4.80. The van der Waals surface area contributed by atoms with Crippen molar-refractivity contribution in [3.05, 3.63) is 24.4 Å². The first kappa shape index (κ1) is 14.6. The third kappa shape index (κ3) is 3.44. The summed E-state index contributed by atoms with van der Waals surface area (Å²) < 4.78 is 3.06. The molecule has 2 aromatic rings. The molecule has 0 aliphatic heterocycles. The Morgan fingerprint density at radius 1 is 1.40 bits per heavy atom. The van der Waals surface area contributed by atoms with Gasteiger partial charge >= 0.3 is 149 Å². The first-order valence-electron chi connectivity index (χ1n) is 7.47. The van der Waals surface area contributed by atoms with Crippen LogP contribution in [0.4, 0.5) is 5.69 Å². The molecule has 5 heteroatoms. The van der Waals surface area contributed by atoms with Gasteiger partial charge in [-0.15, -0.1) is 0 Å². The van der Waals surface area contributed by atoms with Gasteiger partial charge in [-0.05, 0) is 0 Å². The number of pyridine rings is 1. The average molecular weight is 483 g/mol. The summed E-state index contributed by atoms with van der Waals surface area (Å²) in [4.78, 5) is 12.2. The van der Waals surface area contributed by atoms with Crippen LogP contribution in [0.2, 0.25) is 0 Å². The Hall–Kier alpha value is -0.372. The predicted molar refractivity (Wildman–Crippen MR) is 76.0 cm³/mol. The fourth-order valence-corrected chi connectivity index (χ4v) is 5.11. The number of nitrogens with zero attached hydrogens (tertiary/aromatic N) is 2. The molecule has 0 radical (unpaired) electrons. The number of hydrogen-bond donors (Lipinski definition) is 1. The van der Waals surface area contributed by atoms with Crippen LogP contribution in [0.25, 0.3) is 5.52 Å². The van der Waals surface area contributed by atoms with Gasteiger partial charge in [0.05, 0.1) is 0 Å². The summed E-state index contributed by atoms with van der Waals surface area (Å²) in [5.41, 5.74) is 1.91. The molecule has 1 aliphatic rings. The summed E-state index contributed by atoms with van der Waals surface area (Å²) in [5, 5.41) is 7.54. The monoisotopic (exact) mass is 483 g/mol. The number of amides is 1. The van der Waals surface area contributed by atoms with Crippen molar-refractivity contribution in [3.63, 3.8) is 0 Å². The summed E-state index contributed by atoms with van der Waals surface area (Å²) in [5.74, 6) is 0.724. The molecule has 3 rings (SSSR count). The summed E-state index contributed by atoms with van der Waals surface area (Å²) in [7, 11) is 0. The second-order valence-corrected chi connectivity index (χ2v) is 10.0. The third-order valence-corrected chi connectivity index (χ3v) is 6.11. The maximum atomic E-state index is 12.2. The zero-order valence-electron chi connectivity index (χ0n) is 11.9. The van der Waals surface area contributed by atoms with Gasteiger partial charge in [-0.1, -0.05) is 0 Å². The molecule has 1 aliphatic carbocycles. The number of aromatic nitrogens is 2. The van der Waals surface area contributed by atoms with Crippen molar-refractivity contribution in [2.24, 2.45) is 5.92 Å². The van der Waals surface area contributed by atoms with Crippen molar-refractivity contribution in [3.8, 4) is 0 Å². The SMILES string of the molecule is O=C(CC1CCCCC1)Nc1cccn2n[c]([RaH])cc12. The average Bonchev–Trinajstić information content (AvgIpc) is 2.81. The molecule has 0 aromatic carbocycles. The Morgan fingerprint density at radius 3 is 3.00 bits per heavy atom. The van der Waals surface area contributed by atoms with Gasteiger partial charge in [0.1, 0.15) is 0 Å². The number of rotatable bonds is 3. The van der Waals surface area contributed by atoms with Gasteiger partial charge in [0.15, 0.2) is 0 Å². The number of hydrogen-bond acceptors (Lipinski definition) is 2. The van der Waals surface area contributed by atoms with Gasteiger partial charge < -0.3 is 0 Å². The van der Waals surface area contributed by atoms with Crippen molar-refractivity contribution >= 4 is 17.8 Å². The number of carbonyl (C=O) groups is 1. The Morgan fingerprint density at radius 2 is 2.20 bits per heavy atom. The van der Waals surface area contributed by atoms with E-state index in [4.69, 9.17) is 0 Å². The summed E-state index contributed by atoms with van der Waals surface area (Å²) in [6, 6.07) is 6.00. The molecule has 1 N–H and O–H groups in total. The minimum absolute atomic E-state index is 0.147. The molecule has 2 aromatic heterocycles. The van der Waals surface area contributed by atoms with E-state index in [1.54, 1.807) is 0 Å². The number of nitrogens with one attached hydrogen (secondary N) is 1. The van der Waals surface area contributed by atoms with E-state index in [0.717, 1.165) is 11.2 Å². The molecule has 102 valence electrons. The van der Waals surface area contributed by atoms with Crippen molar-refractivity contribution < 1.29 is 47.6 Å². The van der Waals surface area contributed by atoms with Crippen LogP contribution in [0, 0.1) is 48.7 Å². The number of fused-ring (bicyclic) bond motifs is 1. The fourth-order valence-electron chi connectivity index (χ4n) is 3.10. The van der Waals surface area contributed by atoms with Gasteiger partial charge in [0, 0.05) is 0 Å². The van der Waals surface area contributed by atoms with Crippen molar-refractivity contribution in [1.29, 1.82) is 0 Å². The Labute approximate surface area is 148 Å². The van der Waals surface area contributed by atoms with Crippen molar-refractivity contribution in [2.45, 2.75) is 38.5 Å². The van der Waals surface area contributed by atoms with E-state index < -0.39 is 0 Å². The molecule has 0 saturated heterocycles. The van der Waals surface area contributed by atoms with Gasteiger partial charge in [-0.25, -0.2) is 0 Å². The quantitative estimate of drug-likeness (QED) is 0.728. The third-order valence-electron chi connectivity index (χ3n) is 4.10. The zero-order valence-corrected chi connectivity index (χ0v) is 20.2. The minimum atomic E-state index is 0.147. The van der Waals surface area contributed by atoms with E-state index in [2.05, 4.69) is 16.5 Å². The van der Waals surface area contributed by atoms with E-state index in [1.807, 2.05) is 22.8 Å². The number of carbonyl (C=O) groups excluding carboxylic acids is 1. The molecule has 0 atom stereocenters. The van der Waals surface area contributed by atoms with Crippen LogP contribution >= 0.6 is 0 Å². The second-order valence-electron chi connectivity index (χ2n) is 5.79. The molecular weight excluding hydrogens is 464 g/mol. The maximum absolute atomic E-state index is 12.2. The molecule has 4 nitrogen and oxygen atoms in total. The van der Waals surface area contributed by atoms with Gasteiger partial charge in [-0.3, -0.25) is 0 Å². The van der Waals surface area contributed by atoms with E-state index >= 15 is 0 Å². The molecule has 0 unspecified atom stereocenters. The molecule has 0 bridgehead atoms. The summed E-state index contributed by atoms with van der Waals surface area (Å²) >= 11 is 0.243.